The molecule has 1 unspecified atom stereocenters. The Morgan fingerprint density at radius 1 is 1.26 bits per heavy atom. The van der Waals surface area contributed by atoms with Gasteiger partial charge < -0.3 is 15.4 Å². The van der Waals surface area contributed by atoms with Gasteiger partial charge in [0.2, 0.25) is 0 Å². The molecular weight excluding hydrogens is 236 g/mol. The molecule has 3 nitrogen and oxygen atoms in total. The molecular formula is C16H28N2O. The number of nitrogens with zero attached hydrogens (tertiary/aromatic N) is 1. The van der Waals surface area contributed by atoms with Crippen molar-refractivity contribution >= 4 is 0 Å². The smallest absolute Gasteiger partial charge is 0.122 e. The first-order valence-electron chi connectivity index (χ1n) is 7.01. The summed E-state index contributed by atoms with van der Waals surface area (Å²) < 4.78 is 5.35. The number of benzene rings is 1. The minimum Gasteiger partial charge on any atom is -0.496 e. The summed E-state index contributed by atoms with van der Waals surface area (Å²) in [5.74, 6) is 1.57. The second-order valence-corrected chi connectivity index (χ2v) is 5.54. The standard InChI is InChI=1S/C16H28N2O/c1-12(10-17)8-9-18(4)11-15-6-7-16(19-5)14(3)13(15)2/h6-7,12H,8-11,17H2,1-5H3. The molecule has 0 bridgehead atoms. The fourth-order valence-electron chi connectivity index (χ4n) is 2.17. The van der Waals surface area contributed by atoms with Crippen LogP contribution in [0.4, 0.5) is 0 Å². The average molecular weight is 264 g/mol. The van der Waals surface area contributed by atoms with Gasteiger partial charge in [0.25, 0.3) is 0 Å². The predicted molar refractivity (Wildman–Crippen MR) is 81.6 cm³/mol. The van der Waals surface area contributed by atoms with Crippen LogP contribution in [0.1, 0.15) is 30.0 Å². The summed E-state index contributed by atoms with van der Waals surface area (Å²) in [7, 11) is 3.89. The minimum absolute atomic E-state index is 0.598. The van der Waals surface area contributed by atoms with E-state index in [2.05, 4.69) is 44.9 Å². The van der Waals surface area contributed by atoms with E-state index in [1.165, 1.54) is 16.7 Å². The zero-order valence-electron chi connectivity index (χ0n) is 13.0. The maximum atomic E-state index is 5.65. The van der Waals surface area contributed by atoms with E-state index in [1.54, 1.807) is 7.11 Å². The molecule has 1 aromatic carbocycles. The van der Waals surface area contributed by atoms with E-state index in [0.717, 1.165) is 31.8 Å². The molecule has 2 N–H and O–H groups in total. The number of methoxy groups -OCH3 is 1. The molecule has 3 heteroatoms. The highest BCUT2D eigenvalue weighted by atomic mass is 16.5. The fourth-order valence-corrected chi connectivity index (χ4v) is 2.17. The van der Waals surface area contributed by atoms with E-state index in [4.69, 9.17) is 10.5 Å². The third-order valence-electron chi connectivity index (χ3n) is 3.92. The van der Waals surface area contributed by atoms with Crippen molar-refractivity contribution in [3.63, 3.8) is 0 Å². The number of hydrogen-bond donors (Lipinski definition) is 1. The molecule has 1 atom stereocenters. The molecule has 0 saturated carbocycles. The third kappa shape index (κ3) is 4.51. The van der Waals surface area contributed by atoms with Gasteiger partial charge in [-0.05, 0) is 69.1 Å². The van der Waals surface area contributed by atoms with Crippen LogP contribution in [0.15, 0.2) is 12.1 Å². The molecule has 1 rings (SSSR count). The Balaban J connectivity index is 2.64. The normalized spacial score (nSPS) is 12.8. The van der Waals surface area contributed by atoms with E-state index in [1.807, 2.05) is 0 Å². The third-order valence-corrected chi connectivity index (χ3v) is 3.92. The van der Waals surface area contributed by atoms with Crippen LogP contribution < -0.4 is 10.5 Å². The van der Waals surface area contributed by atoms with Crippen molar-refractivity contribution in [2.24, 2.45) is 11.7 Å². The summed E-state index contributed by atoms with van der Waals surface area (Å²) in [5.41, 5.74) is 9.60. The van der Waals surface area contributed by atoms with Crippen LogP contribution in [0.3, 0.4) is 0 Å². The van der Waals surface area contributed by atoms with Crippen molar-refractivity contribution in [1.82, 2.24) is 4.90 Å². The molecule has 0 aromatic heterocycles. The molecule has 0 aliphatic heterocycles. The first kappa shape index (κ1) is 16.0. The lowest BCUT2D eigenvalue weighted by atomic mass is 10.0. The monoisotopic (exact) mass is 264 g/mol. The average Bonchev–Trinajstić information content (AvgIpc) is 2.41. The summed E-state index contributed by atoms with van der Waals surface area (Å²) in [5, 5.41) is 0. The highest BCUT2D eigenvalue weighted by Crippen LogP contribution is 2.24. The molecule has 0 radical (unpaired) electrons. The van der Waals surface area contributed by atoms with Gasteiger partial charge in [-0.15, -0.1) is 0 Å². The van der Waals surface area contributed by atoms with Crippen molar-refractivity contribution in [2.45, 2.75) is 33.7 Å². The van der Waals surface area contributed by atoms with E-state index in [9.17, 15) is 0 Å². The molecule has 0 fully saturated rings. The number of hydrogen-bond acceptors (Lipinski definition) is 3. The summed E-state index contributed by atoms with van der Waals surface area (Å²) >= 11 is 0. The van der Waals surface area contributed by atoms with Crippen LogP contribution in [0.5, 0.6) is 5.75 Å². The van der Waals surface area contributed by atoms with Crippen molar-refractivity contribution in [1.29, 1.82) is 0 Å². The SMILES string of the molecule is COc1ccc(CN(C)CCC(C)CN)c(C)c1C. The van der Waals surface area contributed by atoms with Gasteiger partial charge in [-0.1, -0.05) is 13.0 Å². The molecule has 0 heterocycles. The summed E-state index contributed by atoms with van der Waals surface area (Å²) in [4.78, 5) is 2.36. The van der Waals surface area contributed by atoms with Crippen LogP contribution >= 0.6 is 0 Å². The van der Waals surface area contributed by atoms with Gasteiger partial charge in [-0.3, -0.25) is 0 Å². The Morgan fingerprint density at radius 2 is 1.95 bits per heavy atom. The van der Waals surface area contributed by atoms with Crippen LogP contribution in [0.2, 0.25) is 0 Å². The van der Waals surface area contributed by atoms with Gasteiger partial charge in [-0.2, -0.15) is 0 Å². The topological polar surface area (TPSA) is 38.5 Å². The second-order valence-electron chi connectivity index (χ2n) is 5.54. The first-order chi connectivity index (χ1) is 8.99. The molecule has 1 aromatic rings. The maximum absolute atomic E-state index is 5.65. The predicted octanol–water partition coefficient (Wildman–Crippen LogP) is 2.73. The lowest BCUT2D eigenvalue weighted by molar-refractivity contribution is 0.299. The van der Waals surface area contributed by atoms with Gasteiger partial charge in [-0.25, -0.2) is 0 Å². The van der Waals surface area contributed by atoms with Gasteiger partial charge in [0.1, 0.15) is 5.75 Å². The van der Waals surface area contributed by atoms with E-state index in [-0.39, 0.29) is 0 Å². The van der Waals surface area contributed by atoms with Crippen LogP contribution in [0.25, 0.3) is 0 Å². The van der Waals surface area contributed by atoms with Gasteiger partial charge in [0, 0.05) is 6.54 Å². The molecule has 19 heavy (non-hydrogen) atoms. The minimum atomic E-state index is 0.598. The van der Waals surface area contributed by atoms with Crippen LogP contribution in [-0.2, 0) is 6.54 Å². The molecule has 0 aliphatic rings. The molecule has 0 spiro atoms. The van der Waals surface area contributed by atoms with E-state index < -0.39 is 0 Å². The largest absolute Gasteiger partial charge is 0.496 e. The maximum Gasteiger partial charge on any atom is 0.122 e. The van der Waals surface area contributed by atoms with Crippen molar-refractivity contribution in [3.05, 3.63) is 28.8 Å². The van der Waals surface area contributed by atoms with E-state index in [0.29, 0.717) is 5.92 Å². The van der Waals surface area contributed by atoms with Crippen molar-refractivity contribution in [2.75, 3.05) is 27.2 Å². The summed E-state index contributed by atoms with van der Waals surface area (Å²) in [6.45, 7) is 9.33. The van der Waals surface area contributed by atoms with Crippen LogP contribution in [0, 0.1) is 19.8 Å². The Bertz CT molecular complexity index is 404. The highest BCUT2D eigenvalue weighted by Gasteiger charge is 2.09. The first-order valence-corrected chi connectivity index (χ1v) is 7.01. The summed E-state index contributed by atoms with van der Waals surface area (Å²) in [6.07, 6.45) is 1.15. The molecule has 0 saturated heterocycles. The molecule has 108 valence electrons. The lowest BCUT2D eigenvalue weighted by Gasteiger charge is -2.21. The quantitative estimate of drug-likeness (QED) is 0.823. The summed E-state index contributed by atoms with van der Waals surface area (Å²) in [6, 6.07) is 4.23. The van der Waals surface area contributed by atoms with Gasteiger partial charge in [0.05, 0.1) is 7.11 Å². The van der Waals surface area contributed by atoms with Gasteiger partial charge >= 0.3 is 0 Å². The van der Waals surface area contributed by atoms with Gasteiger partial charge in [0.15, 0.2) is 0 Å². The Hall–Kier alpha value is -1.06. The molecule has 0 amide bonds. The second kappa shape index (κ2) is 7.51. The number of rotatable bonds is 7. The number of ether oxygens (including phenoxy) is 1. The zero-order chi connectivity index (χ0) is 14.4. The lowest BCUT2D eigenvalue weighted by Crippen LogP contribution is -2.23. The van der Waals surface area contributed by atoms with Crippen molar-refractivity contribution in [3.8, 4) is 5.75 Å². The fraction of sp³-hybridized carbons (Fsp3) is 0.625. The molecule has 0 aliphatic carbocycles. The number of nitrogens with two attached hydrogens (primary N) is 1. The Labute approximate surface area is 117 Å². The highest BCUT2D eigenvalue weighted by molar-refractivity contribution is 5.43. The Kier molecular flexibility index (Phi) is 6.32. The van der Waals surface area contributed by atoms with Crippen molar-refractivity contribution < 1.29 is 4.74 Å². The van der Waals surface area contributed by atoms with E-state index >= 15 is 0 Å². The zero-order valence-corrected chi connectivity index (χ0v) is 13.0. The Morgan fingerprint density at radius 3 is 2.53 bits per heavy atom. The van der Waals surface area contributed by atoms with Crippen LogP contribution in [-0.4, -0.2) is 32.1 Å².